The molecule has 0 aliphatic rings. The van der Waals surface area contributed by atoms with Crippen LogP contribution in [0.2, 0.25) is 0 Å². The molecule has 0 aliphatic heterocycles. The van der Waals surface area contributed by atoms with E-state index in [1.807, 2.05) is 0 Å². The summed E-state index contributed by atoms with van der Waals surface area (Å²) in [4.78, 5) is 0. The molecule has 1 unspecified atom stereocenters. The molecule has 1 nitrogen and oxygen atoms in total. The summed E-state index contributed by atoms with van der Waals surface area (Å²) in [5.41, 5.74) is 0. The number of aliphatic hydroxyl groups excluding tert-OH is 1. The highest BCUT2D eigenvalue weighted by atomic mass is 16.3. The van der Waals surface area contributed by atoms with E-state index < -0.39 is 6.10 Å². The van der Waals surface area contributed by atoms with Gasteiger partial charge in [-0.1, -0.05) is 13.0 Å². The smallest absolute Gasteiger partial charge is 0.0677 e. The highest BCUT2D eigenvalue weighted by Crippen LogP contribution is 1.63. The quantitative estimate of drug-likeness (QED) is 0.395. The standard InChI is InChI=1S/C3H7O/c1-3(2)4/h3-4H,1H2,2H3/q-1. The van der Waals surface area contributed by atoms with Gasteiger partial charge in [0.15, 0.2) is 0 Å². The topological polar surface area (TPSA) is 20.2 Å². The summed E-state index contributed by atoms with van der Waals surface area (Å²) in [6.45, 7) is 4.81. The lowest BCUT2D eigenvalue weighted by atomic mass is 10.5. The lowest BCUT2D eigenvalue weighted by Crippen LogP contribution is -1.86. The molecule has 0 rings (SSSR count). The lowest BCUT2D eigenvalue weighted by molar-refractivity contribution is 0.241. The van der Waals surface area contributed by atoms with Crippen molar-refractivity contribution in [1.29, 1.82) is 0 Å². The molecule has 0 aromatic rings. The van der Waals surface area contributed by atoms with Crippen molar-refractivity contribution < 1.29 is 5.11 Å². The average molecular weight is 59.1 g/mol. The molecule has 0 heterocycles. The zero-order valence-electron chi connectivity index (χ0n) is 2.73. The van der Waals surface area contributed by atoms with Crippen LogP contribution in [-0.4, -0.2) is 11.2 Å². The van der Waals surface area contributed by atoms with E-state index in [2.05, 4.69) is 6.92 Å². The summed E-state index contributed by atoms with van der Waals surface area (Å²) in [6.07, 6.45) is -0.417. The Hall–Kier alpha value is -0.0400. The van der Waals surface area contributed by atoms with Crippen LogP contribution in [0, 0.1) is 6.92 Å². The molecule has 0 radical (unpaired) electrons. The minimum absolute atomic E-state index is 0.417. The first-order valence-corrected chi connectivity index (χ1v) is 1.24. The van der Waals surface area contributed by atoms with Crippen molar-refractivity contribution in [3.8, 4) is 0 Å². The normalized spacial score (nSPS) is 15.8. The summed E-state index contributed by atoms with van der Waals surface area (Å²) in [5.74, 6) is 0. The molecule has 0 aromatic carbocycles. The van der Waals surface area contributed by atoms with E-state index in [0.717, 1.165) is 0 Å². The summed E-state index contributed by atoms with van der Waals surface area (Å²) >= 11 is 0. The number of hydrogen-bond donors (Lipinski definition) is 1. The van der Waals surface area contributed by atoms with Crippen LogP contribution in [0.3, 0.4) is 0 Å². The first kappa shape index (κ1) is 3.96. The van der Waals surface area contributed by atoms with Crippen molar-refractivity contribution in [3.05, 3.63) is 6.92 Å². The predicted octanol–water partition coefficient (Wildman–Crippen LogP) is 0.201. The number of hydrogen-bond acceptors (Lipinski definition) is 1. The van der Waals surface area contributed by atoms with E-state index in [9.17, 15) is 0 Å². The van der Waals surface area contributed by atoms with Gasteiger partial charge in [0.05, 0.1) is 0 Å². The predicted molar refractivity (Wildman–Crippen MR) is 17.0 cm³/mol. The highest BCUT2D eigenvalue weighted by molar-refractivity contribution is 4.40. The zero-order chi connectivity index (χ0) is 3.58. The Balaban J connectivity index is 2.32. The summed E-state index contributed by atoms with van der Waals surface area (Å²) < 4.78 is 0. The minimum Gasteiger partial charge on any atom is -0.426 e. The molecule has 0 aromatic heterocycles. The Kier molecular flexibility index (Phi) is 1.28. The third kappa shape index (κ3) is 1130. The van der Waals surface area contributed by atoms with Gasteiger partial charge in [0, 0.05) is 0 Å². The molecule has 1 atom stereocenters. The Labute approximate surface area is 26.3 Å². The molecule has 1 N–H and O–H groups in total. The van der Waals surface area contributed by atoms with Crippen LogP contribution < -0.4 is 0 Å². The van der Waals surface area contributed by atoms with Crippen molar-refractivity contribution in [2.75, 3.05) is 0 Å². The molecule has 0 saturated carbocycles. The lowest BCUT2D eigenvalue weighted by Gasteiger charge is -1.91. The van der Waals surface area contributed by atoms with Gasteiger partial charge in [-0.05, 0) is 0 Å². The second kappa shape index (κ2) is 1.30. The summed E-state index contributed by atoms with van der Waals surface area (Å²) in [6, 6.07) is 0. The van der Waals surface area contributed by atoms with Gasteiger partial charge in [-0.2, -0.15) is 0 Å². The molecule has 0 saturated heterocycles. The van der Waals surface area contributed by atoms with Crippen LogP contribution in [0.4, 0.5) is 0 Å². The van der Waals surface area contributed by atoms with Crippen LogP contribution in [-0.2, 0) is 0 Å². The molecule has 1 heteroatoms. The first-order chi connectivity index (χ1) is 1.73. The zero-order valence-corrected chi connectivity index (χ0v) is 2.73. The van der Waals surface area contributed by atoms with Crippen molar-refractivity contribution >= 4 is 0 Å². The molecule has 0 aliphatic carbocycles. The maximum absolute atomic E-state index is 7.94. The molecular weight excluding hydrogens is 52.0 g/mol. The van der Waals surface area contributed by atoms with Crippen molar-refractivity contribution in [2.45, 2.75) is 13.0 Å². The van der Waals surface area contributed by atoms with Gasteiger partial charge < -0.3 is 12.0 Å². The summed E-state index contributed by atoms with van der Waals surface area (Å²) in [5, 5.41) is 7.94. The monoisotopic (exact) mass is 59.1 g/mol. The van der Waals surface area contributed by atoms with Crippen molar-refractivity contribution in [3.63, 3.8) is 0 Å². The Morgan fingerprint density at radius 3 is 2.00 bits per heavy atom. The van der Waals surface area contributed by atoms with E-state index in [0.29, 0.717) is 0 Å². The molecule has 0 spiro atoms. The molecule has 26 valence electrons. The second-order valence-electron chi connectivity index (χ2n) is 0.849. The fourth-order valence-electron chi connectivity index (χ4n) is 0. The van der Waals surface area contributed by atoms with E-state index in [1.165, 1.54) is 0 Å². The summed E-state index contributed by atoms with van der Waals surface area (Å²) in [7, 11) is 0. The Morgan fingerprint density at radius 2 is 2.00 bits per heavy atom. The highest BCUT2D eigenvalue weighted by Gasteiger charge is 1.57. The molecule has 0 bridgehead atoms. The van der Waals surface area contributed by atoms with Crippen LogP contribution >= 0.6 is 0 Å². The SMILES string of the molecule is [CH2-]C(C)O. The van der Waals surface area contributed by atoms with Gasteiger partial charge in [-0.25, -0.2) is 0 Å². The maximum Gasteiger partial charge on any atom is -0.0677 e. The Morgan fingerprint density at radius 1 is 2.00 bits per heavy atom. The molecule has 0 amide bonds. The van der Waals surface area contributed by atoms with Gasteiger partial charge in [-0.3, -0.25) is 0 Å². The van der Waals surface area contributed by atoms with Gasteiger partial charge in [-0.15, -0.1) is 0 Å². The Bertz CT molecular complexity index is 8.00. The van der Waals surface area contributed by atoms with Crippen molar-refractivity contribution in [2.24, 2.45) is 0 Å². The fraction of sp³-hybridized carbons (Fsp3) is 0.667. The van der Waals surface area contributed by atoms with Crippen molar-refractivity contribution in [1.82, 2.24) is 0 Å². The van der Waals surface area contributed by atoms with Crippen LogP contribution in [0.1, 0.15) is 6.92 Å². The average Bonchev–Trinajstić information content (AvgIpc) is 0.811. The third-order valence-corrected chi connectivity index (χ3v) is 0. The van der Waals surface area contributed by atoms with Gasteiger partial charge in [0.25, 0.3) is 0 Å². The van der Waals surface area contributed by atoms with E-state index in [1.54, 1.807) is 6.92 Å². The van der Waals surface area contributed by atoms with Crippen LogP contribution in [0.15, 0.2) is 0 Å². The van der Waals surface area contributed by atoms with Gasteiger partial charge >= 0.3 is 0 Å². The van der Waals surface area contributed by atoms with Crippen LogP contribution in [0.25, 0.3) is 0 Å². The molecular formula is C3H7O-. The van der Waals surface area contributed by atoms with Crippen LogP contribution in [0.5, 0.6) is 0 Å². The molecule has 0 fully saturated rings. The number of aliphatic hydroxyl groups is 1. The van der Waals surface area contributed by atoms with E-state index in [4.69, 9.17) is 5.11 Å². The molecule has 4 heavy (non-hydrogen) atoms. The number of rotatable bonds is 0. The first-order valence-electron chi connectivity index (χ1n) is 1.24. The minimum atomic E-state index is -0.417. The van der Waals surface area contributed by atoms with E-state index >= 15 is 0 Å². The van der Waals surface area contributed by atoms with Gasteiger partial charge in [0.1, 0.15) is 0 Å². The maximum atomic E-state index is 7.94. The third-order valence-electron chi connectivity index (χ3n) is 0. The second-order valence-corrected chi connectivity index (χ2v) is 0.849. The fourth-order valence-corrected chi connectivity index (χ4v) is 0. The largest absolute Gasteiger partial charge is 0.426 e. The van der Waals surface area contributed by atoms with E-state index in [-0.39, 0.29) is 0 Å². The van der Waals surface area contributed by atoms with Gasteiger partial charge in [0.2, 0.25) is 0 Å².